The summed E-state index contributed by atoms with van der Waals surface area (Å²) in [5.41, 5.74) is 9.53. The number of rotatable bonds is 4. The summed E-state index contributed by atoms with van der Waals surface area (Å²) in [6.07, 6.45) is 5.09. The third kappa shape index (κ3) is 3.62. The zero-order chi connectivity index (χ0) is 19.0. The molecule has 1 amide bonds. The van der Waals surface area contributed by atoms with E-state index in [4.69, 9.17) is 5.73 Å². The summed E-state index contributed by atoms with van der Waals surface area (Å²) < 4.78 is 13.6. The Hall–Kier alpha value is -3.35. The van der Waals surface area contributed by atoms with E-state index in [0.717, 1.165) is 35.1 Å². The van der Waals surface area contributed by atoms with Crippen LogP contribution in [0.3, 0.4) is 0 Å². The van der Waals surface area contributed by atoms with Crippen LogP contribution in [-0.4, -0.2) is 21.1 Å². The number of nitrogens with two attached hydrogens (primary N) is 1. The fraction of sp³-hybridized carbons (Fsp3) is 0.200. The molecular weight excluding hydrogens is 345 g/mol. The van der Waals surface area contributed by atoms with E-state index in [1.54, 1.807) is 30.6 Å². The van der Waals surface area contributed by atoms with Gasteiger partial charge in [-0.05, 0) is 61.2 Å². The van der Waals surface area contributed by atoms with Gasteiger partial charge in [0.2, 0.25) is 5.91 Å². The average molecular weight is 363 g/mol. The van der Waals surface area contributed by atoms with Crippen LogP contribution >= 0.6 is 0 Å². The van der Waals surface area contributed by atoms with Crippen LogP contribution < -0.4 is 11.1 Å². The second-order valence-electron chi connectivity index (χ2n) is 6.71. The number of carbonyl (C=O) groups is 1. The van der Waals surface area contributed by atoms with E-state index in [1.165, 1.54) is 6.07 Å². The van der Waals surface area contributed by atoms with E-state index in [0.29, 0.717) is 11.5 Å². The van der Waals surface area contributed by atoms with Gasteiger partial charge >= 0.3 is 0 Å². The lowest BCUT2D eigenvalue weighted by Crippen LogP contribution is -2.14. The second kappa shape index (κ2) is 6.75. The Balaban J connectivity index is 1.67. The third-order valence-electron chi connectivity index (χ3n) is 4.56. The van der Waals surface area contributed by atoms with Gasteiger partial charge in [-0.1, -0.05) is 0 Å². The van der Waals surface area contributed by atoms with Gasteiger partial charge in [0, 0.05) is 23.2 Å². The SMILES string of the molecule is Cc1cc(F)c(N)cc1-c1cnnc(-c2ccnc(NC(=O)C3CC3)c2)c1. The van der Waals surface area contributed by atoms with Crippen molar-refractivity contribution in [2.24, 2.45) is 5.92 Å². The van der Waals surface area contributed by atoms with Crippen molar-refractivity contribution in [3.63, 3.8) is 0 Å². The summed E-state index contributed by atoms with van der Waals surface area (Å²) in [6, 6.07) is 8.42. The smallest absolute Gasteiger partial charge is 0.228 e. The number of nitrogens with one attached hydrogen (secondary N) is 1. The minimum absolute atomic E-state index is 0.00287. The van der Waals surface area contributed by atoms with E-state index >= 15 is 0 Å². The van der Waals surface area contributed by atoms with Crippen molar-refractivity contribution < 1.29 is 9.18 Å². The highest BCUT2D eigenvalue weighted by molar-refractivity contribution is 5.93. The van der Waals surface area contributed by atoms with Gasteiger partial charge in [-0.15, -0.1) is 0 Å². The Bertz CT molecular complexity index is 1030. The van der Waals surface area contributed by atoms with Gasteiger partial charge in [-0.25, -0.2) is 9.37 Å². The van der Waals surface area contributed by atoms with Gasteiger partial charge < -0.3 is 11.1 Å². The molecule has 3 aromatic rings. The quantitative estimate of drug-likeness (QED) is 0.691. The molecule has 1 aliphatic carbocycles. The van der Waals surface area contributed by atoms with Gasteiger partial charge in [0.05, 0.1) is 17.6 Å². The van der Waals surface area contributed by atoms with Gasteiger partial charge in [0.15, 0.2) is 0 Å². The minimum Gasteiger partial charge on any atom is -0.396 e. The van der Waals surface area contributed by atoms with Crippen molar-refractivity contribution >= 4 is 17.4 Å². The molecular formula is C20H18FN5O. The van der Waals surface area contributed by atoms with Crippen molar-refractivity contribution in [3.05, 3.63) is 54.1 Å². The number of nitrogens with zero attached hydrogens (tertiary/aromatic N) is 3. The Morgan fingerprint density at radius 1 is 1.22 bits per heavy atom. The molecule has 7 heteroatoms. The molecule has 0 spiro atoms. The predicted octanol–water partition coefficient (Wildman–Crippen LogP) is 3.58. The summed E-state index contributed by atoms with van der Waals surface area (Å²) in [7, 11) is 0. The van der Waals surface area contributed by atoms with Crippen molar-refractivity contribution in [2.45, 2.75) is 19.8 Å². The molecule has 1 aliphatic rings. The molecule has 0 aliphatic heterocycles. The van der Waals surface area contributed by atoms with Gasteiger partial charge in [-0.3, -0.25) is 4.79 Å². The molecule has 0 radical (unpaired) electrons. The van der Waals surface area contributed by atoms with Crippen LogP contribution in [0.2, 0.25) is 0 Å². The van der Waals surface area contributed by atoms with Gasteiger partial charge in [0.1, 0.15) is 11.6 Å². The third-order valence-corrected chi connectivity index (χ3v) is 4.56. The standard InChI is InChI=1S/C20H18FN5O/c1-11-6-16(21)17(22)9-15(11)14-7-18(26-24-10-14)13-4-5-23-19(8-13)25-20(27)12-2-3-12/h4-10,12H,2-3,22H2,1H3,(H,23,25,27). The number of pyridine rings is 1. The number of aromatic nitrogens is 3. The van der Waals surface area contributed by atoms with Crippen LogP contribution in [0.1, 0.15) is 18.4 Å². The predicted molar refractivity (Wildman–Crippen MR) is 101 cm³/mol. The number of benzene rings is 1. The van der Waals surface area contributed by atoms with E-state index in [2.05, 4.69) is 20.5 Å². The van der Waals surface area contributed by atoms with Crippen LogP contribution in [0, 0.1) is 18.7 Å². The maximum Gasteiger partial charge on any atom is 0.228 e. The molecule has 0 saturated heterocycles. The summed E-state index contributed by atoms with van der Waals surface area (Å²) in [5.74, 6) is 0.143. The zero-order valence-electron chi connectivity index (χ0n) is 14.7. The van der Waals surface area contributed by atoms with E-state index in [1.807, 2.05) is 13.0 Å². The van der Waals surface area contributed by atoms with Crippen molar-refractivity contribution in [3.8, 4) is 22.4 Å². The van der Waals surface area contributed by atoms with E-state index in [9.17, 15) is 9.18 Å². The highest BCUT2D eigenvalue weighted by Crippen LogP contribution is 2.31. The van der Waals surface area contributed by atoms with Crippen molar-refractivity contribution in [2.75, 3.05) is 11.1 Å². The Morgan fingerprint density at radius 2 is 2.04 bits per heavy atom. The monoisotopic (exact) mass is 363 g/mol. The number of hydrogen-bond donors (Lipinski definition) is 2. The lowest BCUT2D eigenvalue weighted by Gasteiger charge is -2.10. The van der Waals surface area contributed by atoms with Gasteiger partial charge in [0.25, 0.3) is 0 Å². The maximum absolute atomic E-state index is 13.6. The first-order valence-electron chi connectivity index (χ1n) is 8.67. The number of amides is 1. The zero-order valence-corrected chi connectivity index (χ0v) is 14.7. The van der Waals surface area contributed by atoms with E-state index in [-0.39, 0.29) is 17.5 Å². The highest BCUT2D eigenvalue weighted by atomic mass is 19.1. The number of aryl methyl sites for hydroxylation is 1. The number of halogens is 1. The molecule has 2 aromatic heterocycles. The Kier molecular flexibility index (Phi) is 4.27. The molecule has 6 nitrogen and oxygen atoms in total. The van der Waals surface area contributed by atoms with Crippen LogP contribution in [0.4, 0.5) is 15.9 Å². The number of hydrogen-bond acceptors (Lipinski definition) is 5. The molecule has 27 heavy (non-hydrogen) atoms. The highest BCUT2D eigenvalue weighted by Gasteiger charge is 2.29. The summed E-state index contributed by atoms with van der Waals surface area (Å²) in [4.78, 5) is 16.1. The number of anilines is 2. The normalized spacial score (nSPS) is 13.4. The molecule has 0 unspecified atom stereocenters. The molecule has 3 N–H and O–H groups in total. The average Bonchev–Trinajstić information content (AvgIpc) is 3.50. The van der Waals surface area contributed by atoms with Crippen molar-refractivity contribution in [1.82, 2.24) is 15.2 Å². The summed E-state index contributed by atoms with van der Waals surface area (Å²) in [6.45, 7) is 1.82. The van der Waals surface area contributed by atoms with Crippen molar-refractivity contribution in [1.29, 1.82) is 0 Å². The fourth-order valence-electron chi connectivity index (χ4n) is 2.89. The molecule has 0 bridgehead atoms. The van der Waals surface area contributed by atoms with Crippen LogP contribution in [0.5, 0.6) is 0 Å². The summed E-state index contributed by atoms with van der Waals surface area (Å²) >= 11 is 0. The molecule has 1 fully saturated rings. The fourth-order valence-corrected chi connectivity index (χ4v) is 2.89. The molecule has 1 saturated carbocycles. The van der Waals surface area contributed by atoms with Crippen LogP contribution in [0.15, 0.2) is 42.7 Å². The first-order chi connectivity index (χ1) is 13.0. The lowest BCUT2D eigenvalue weighted by atomic mass is 10.00. The molecule has 1 aromatic carbocycles. The Morgan fingerprint density at radius 3 is 2.81 bits per heavy atom. The number of nitrogen functional groups attached to an aromatic ring is 1. The molecule has 4 rings (SSSR count). The topological polar surface area (TPSA) is 93.8 Å². The summed E-state index contributed by atoms with van der Waals surface area (Å²) in [5, 5.41) is 11.1. The molecule has 2 heterocycles. The minimum atomic E-state index is -0.441. The van der Waals surface area contributed by atoms with Crippen LogP contribution in [-0.2, 0) is 4.79 Å². The van der Waals surface area contributed by atoms with Gasteiger partial charge in [-0.2, -0.15) is 10.2 Å². The lowest BCUT2D eigenvalue weighted by molar-refractivity contribution is -0.117. The molecule has 0 atom stereocenters. The first-order valence-corrected chi connectivity index (χ1v) is 8.67. The molecule has 136 valence electrons. The number of carbonyl (C=O) groups excluding carboxylic acids is 1. The van der Waals surface area contributed by atoms with E-state index < -0.39 is 5.82 Å². The van der Waals surface area contributed by atoms with Crippen LogP contribution in [0.25, 0.3) is 22.4 Å². The Labute approximate surface area is 155 Å². The largest absolute Gasteiger partial charge is 0.396 e. The first kappa shape index (κ1) is 17.1. The maximum atomic E-state index is 13.6. The second-order valence-corrected chi connectivity index (χ2v) is 6.71.